The Labute approximate surface area is 99.7 Å². The van der Waals surface area contributed by atoms with E-state index in [0.717, 1.165) is 19.6 Å². The van der Waals surface area contributed by atoms with Crippen molar-refractivity contribution in [2.24, 2.45) is 0 Å². The number of anilines is 1. The fourth-order valence-corrected chi connectivity index (χ4v) is 1.84. The van der Waals surface area contributed by atoms with E-state index >= 15 is 0 Å². The predicted molar refractivity (Wildman–Crippen MR) is 72.1 cm³/mol. The van der Waals surface area contributed by atoms with E-state index in [1.54, 1.807) is 0 Å². The van der Waals surface area contributed by atoms with Gasteiger partial charge in [-0.25, -0.2) is 0 Å². The highest BCUT2D eigenvalue weighted by Crippen LogP contribution is 2.18. The fraction of sp³-hybridized carbons (Fsp3) is 0.571. The van der Waals surface area contributed by atoms with Gasteiger partial charge in [-0.15, -0.1) is 0 Å². The first-order valence-electron chi connectivity index (χ1n) is 6.20. The standard InChI is InChI=1S/C14H24N2/c1-5-9-16(4)14-8-7-13(11-15-6-2)12(3)10-14/h7-8,10,15H,5-6,9,11H2,1-4H3. The van der Waals surface area contributed by atoms with Gasteiger partial charge in [0.05, 0.1) is 0 Å². The van der Waals surface area contributed by atoms with E-state index in [1.807, 2.05) is 0 Å². The zero-order valence-corrected chi connectivity index (χ0v) is 11.0. The molecule has 1 aromatic rings. The van der Waals surface area contributed by atoms with Gasteiger partial charge in [0, 0.05) is 25.8 Å². The number of rotatable bonds is 6. The Bertz CT molecular complexity index is 321. The van der Waals surface area contributed by atoms with Crippen LogP contribution in [0.1, 0.15) is 31.4 Å². The monoisotopic (exact) mass is 220 g/mol. The summed E-state index contributed by atoms with van der Waals surface area (Å²) in [6.07, 6.45) is 1.19. The number of hydrogen-bond acceptors (Lipinski definition) is 2. The van der Waals surface area contributed by atoms with Crippen LogP contribution in [0.4, 0.5) is 5.69 Å². The first-order valence-corrected chi connectivity index (χ1v) is 6.20. The summed E-state index contributed by atoms with van der Waals surface area (Å²) in [6.45, 7) is 9.65. The molecule has 0 aliphatic heterocycles. The largest absolute Gasteiger partial charge is 0.375 e. The summed E-state index contributed by atoms with van der Waals surface area (Å²) in [4.78, 5) is 2.31. The molecule has 0 saturated carbocycles. The van der Waals surface area contributed by atoms with Crippen LogP contribution in [-0.2, 0) is 6.54 Å². The molecule has 1 rings (SSSR count). The third kappa shape index (κ3) is 3.53. The van der Waals surface area contributed by atoms with E-state index in [-0.39, 0.29) is 0 Å². The average molecular weight is 220 g/mol. The second-order valence-electron chi connectivity index (χ2n) is 4.31. The molecule has 0 aliphatic carbocycles. The Kier molecular flexibility index (Phi) is 5.33. The quantitative estimate of drug-likeness (QED) is 0.793. The summed E-state index contributed by atoms with van der Waals surface area (Å²) in [5.74, 6) is 0. The van der Waals surface area contributed by atoms with E-state index in [4.69, 9.17) is 0 Å². The van der Waals surface area contributed by atoms with Crippen molar-refractivity contribution < 1.29 is 0 Å². The molecule has 0 fully saturated rings. The molecule has 0 saturated heterocycles. The molecule has 0 spiro atoms. The van der Waals surface area contributed by atoms with Crippen LogP contribution in [0.25, 0.3) is 0 Å². The van der Waals surface area contributed by atoms with E-state index in [2.05, 4.69) is 56.2 Å². The Hall–Kier alpha value is -1.02. The first kappa shape index (κ1) is 13.0. The van der Waals surface area contributed by atoms with Crippen LogP contribution in [0.5, 0.6) is 0 Å². The zero-order chi connectivity index (χ0) is 12.0. The number of aryl methyl sites for hydroxylation is 1. The van der Waals surface area contributed by atoms with Gasteiger partial charge in [0.1, 0.15) is 0 Å². The Morgan fingerprint density at radius 1 is 1.25 bits per heavy atom. The molecule has 1 N–H and O–H groups in total. The predicted octanol–water partition coefficient (Wildman–Crippen LogP) is 2.95. The number of benzene rings is 1. The third-order valence-electron chi connectivity index (χ3n) is 2.89. The minimum absolute atomic E-state index is 0.972. The van der Waals surface area contributed by atoms with Crippen LogP contribution in [0.3, 0.4) is 0 Å². The van der Waals surface area contributed by atoms with Crippen LogP contribution in [0, 0.1) is 6.92 Å². The molecule has 0 heterocycles. The number of nitrogens with zero attached hydrogens (tertiary/aromatic N) is 1. The second-order valence-corrected chi connectivity index (χ2v) is 4.31. The van der Waals surface area contributed by atoms with E-state index in [0.29, 0.717) is 0 Å². The number of nitrogens with one attached hydrogen (secondary N) is 1. The smallest absolute Gasteiger partial charge is 0.0366 e. The summed E-state index contributed by atoms with van der Waals surface area (Å²) < 4.78 is 0. The molecule has 2 nitrogen and oxygen atoms in total. The summed E-state index contributed by atoms with van der Waals surface area (Å²) in [7, 11) is 2.15. The average Bonchev–Trinajstić information content (AvgIpc) is 2.27. The highest BCUT2D eigenvalue weighted by molar-refractivity contribution is 5.50. The lowest BCUT2D eigenvalue weighted by Gasteiger charge is -2.20. The maximum absolute atomic E-state index is 3.37. The van der Waals surface area contributed by atoms with Gasteiger partial charge in [-0.1, -0.05) is 19.9 Å². The summed E-state index contributed by atoms with van der Waals surface area (Å²) in [5.41, 5.74) is 4.09. The van der Waals surface area contributed by atoms with Gasteiger partial charge in [-0.3, -0.25) is 0 Å². The first-order chi connectivity index (χ1) is 7.69. The molecule has 16 heavy (non-hydrogen) atoms. The Morgan fingerprint density at radius 3 is 2.56 bits per heavy atom. The lowest BCUT2D eigenvalue weighted by atomic mass is 10.1. The lowest BCUT2D eigenvalue weighted by molar-refractivity contribution is 0.723. The molecule has 1 aromatic carbocycles. The Balaban J connectivity index is 2.73. The molecular weight excluding hydrogens is 196 g/mol. The number of hydrogen-bond donors (Lipinski definition) is 1. The fourth-order valence-electron chi connectivity index (χ4n) is 1.84. The SMILES string of the molecule is CCCN(C)c1ccc(CNCC)c(C)c1. The van der Waals surface area contributed by atoms with Crippen molar-refractivity contribution in [2.45, 2.75) is 33.7 Å². The molecule has 0 amide bonds. The summed E-state index contributed by atoms with van der Waals surface area (Å²) >= 11 is 0. The van der Waals surface area contributed by atoms with Gasteiger partial charge in [-0.2, -0.15) is 0 Å². The van der Waals surface area contributed by atoms with Crippen LogP contribution in [0.2, 0.25) is 0 Å². The van der Waals surface area contributed by atoms with Crippen molar-refractivity contribution in [1.82, 2.24) is 5.32 Å². The van der Waals surface area contributed by atoms with Gasteiger partial charge in [0.2, 0.25) is 0 Å². The zero-order valence-electron chi connectivity index (χ0n) is 11.0. The molecular formula is C14H24N2. The highest BCUT2D eigenvalue weighted by atomic mass is 15.1. The van der Waals surface area contributed by atoms with Gasteiger partial charge in [-0.05, 0) is 43.1 Å². The molecule has 0 bridgehead atoms. The topological polar surface area (TPSA) is 15.3 Å². The van der Waals surface area contributed by atoms with Crippen molar-refractivity contribution in [3.05, 3.63) is 29.3 Å². The van der Waals surface area contributed by atoms with Crippen molar-refractivity contribution in [3.8, 4) is 0 Å². The van der Waals surface area contributed by atoms with E-state index in [1.165, 1.54) is 23.2 Å². The van der Waals surface area contributed by atoms with Crippen LogP contribution in [0.15, 0.2) is 18.2 Å². The lowest BCUT2D eigenvalue weighted by Crippen LogP contribution is -2.18. The molecule has 2 heteroatoms. The van der Waals surface area contributed by atoms with Crippen LogP contribution >= 0.6 is 0 Å². The van der Waals surface area contributed by atoms with Gasteiger partial charge < -0.3 is 10.2 Å². The maximum atomic E-state index is 3.37. The van der Waals surface area contributed by atoms with Gasteiger partial charge in [0.25, 0.3) is 0 Å². The second kappa shape index (κ2) is 6.54. The third-order valence-corrected chi connectivity index (χ3v) is 2.89. The van der Waals surface area contributed by atoms with Crippen molar-refractivity contribution in [3.63, 3.8) is 0 Å². The van der Waals surface area contributed by atoms with Crippen LogP contribution < -0.4 is 10.2 Å². The molecule has 0 aliphatic rings. The van der Waals surface area contributed by atoms with Crippen molar-refractivity contribution in [2.75, 3.05) is 25.0 Å². The molecule has 90 valence electrons. The summed E-state index contributed by atoms with van der Waals surface area (Å²) in [5, 5.41) is 3.37. The molecule has 0 atom stereocenters. The van der Waals surface area contributed by atoms with Crippen molar-refractivity contribution in [1.29, 1.82) is 0 Å². The van der Waals surface area contributed by atoms with Crippen molar-refractivity contribution >= 4 is 5.69 Å². The van der Waals surface area contributed by atoms with E-state index in [9.17, 15) is 0 Å². The molecule has 0 radical (unpaired) electrons. The normalized spacial score (nSPS) is 10.5. The maximum Gasteiger partial charge on any atom is 0.0366 e. The van der Waals surface area contributed by atoms with Gasteiger partial charge >= 0.3 is 0 Å². The highest BCUT2D eigenvalue weighted by Gasteiger charge is 2.03. The van der Waals surface area contributed by atoms with Crippen LogP contribution in [-0.4, -0.2) is 20.1 Å². The molecule has 0 unspecified atom stereocenters. The molecule has 0 aromatic heterocycles. The van der Waals surface area contributed by atoms with E-state index < -0.39 is 0 Å². The van der Waals surface area contributed by atoms with Gasteiger partial charge in [0.15, 0.2) is 0 Å². The minimum Gasteiger partial charge on any atom is -0.375 e. The summed E-state index contributed by atoms with van der Waals surface area (Å²) in [6, 6.07) is 6.73. The minimum atomic E-state index is 0.972. The Morgan fingerprint density at radius 2 is 2.00 bits per heavy atom.